The normalized spacial score (nSPS) is 16.1. The van der Waals surface area contributed by atoms with Crippen LogP contribution in [0, 0.1) is 13.8 Å². The minimum absolute atomic E-state index is 0.114. The molecule has 0 saturated carbocycles. The molecule has 1 atom stereocenters. The van der Waals surface area contributed by atoms with Gasteiger partial charge in [0.25, 0.3) is 5.56 Å². The van der Waals surface area contributed by atoms with Gasteiger partial charge in [-0.25, -0.2) is 4.98 Å². The molecule has 1 aromatic heterocycles. The van der Waals surface area contributed by atoms with Crippen molar-refractivity contribution in [3.8, 4) is 0 Å². The van der Waals surface area contributed by atoms with Crippen LogP contribution in [0.3, 0.4) is 0 Å². The van der Waals surface area contributed by atoms with Crippen LogP contribution in [0.25, 0.3) is 10.9 Å². The predicted octanol–water partition coefficient (Wildman–Crippen LogP) is 1.85. The number of hydrogen-bond acceptors (Lipinski definition) is 5. The SMILES string of the molecule is Cc1ccc(CC(=O)NCc2ccc3nc(C)n([C@@H]4CCC(=O)NC4=O)c(=O)c3c2)cc1. The maximum absolute atomic E-state index is 13.2. The Bertz CT molecular complexity index is 1280. The summed E-state index contributed by atoms with van der Waals surface area (Å²) in [4.78, 5) is 53.7. The van der Waals surface area contributed by atoms with Gasteiger partial charge in [-0.3, -0.25) is 29.1 Å². The topological polar surface area (TPSA) is 110 Å². The largest absolute Gasteiger partial charge is 0.352 e. The Morgan fingerprint density at radius 3 is 2.53 bits per heavy atom. The third kappa shape index (κ3) is 4.44. The number of piperidine rings is 1. The Hall–Kier alpha value is -3.81. The molecule has 2 aromatic carbocycles. The minimum Gasteiger partial charge on any atom is -0.352 e. The number of carbonyl (C=O) groups excluding carboxylic acids is 3. The first-order valence-electron chi connectivity index (χ1n) is 10.5. The molecule has 0 aliphatic carbocycles. The van der Waals surface area contributed by atoms with Crippen molar-refractivity contribution < 1.29 is 14.4 Å². The van der Waals surface area contributed by atoms with E-state index in [-0.39, 0.29) is 43.2 Å². The summed E-state index contributed by atoms with van der Waals surface area (Å²) < 4.78 is 1.35. The number of nitrogens with zero attached hydrogens (tertiary/aromatic N) is 2. The van der Waals surface area contributed by atoms with Crippen LogP contribution in [0.15, 0.2) is 47.3 Å². The first kappa shape index (κ1) is 21.4. The van der Waals surface area contributed by atoms with Gasteiger partial charge in [0.1, 0.15) is 11.9 Å². The lowest BCUT2D eigenvalue weighted by atomic mass is 10.0. The zero-order valence-corrected chi connectivity index (χ0v) is 18.0. The van der Waals surface area contributed by atoms with Crippen LogP contribution in [-0.2, 0) is 27.3 Å². The van der Waals surface area contributed by atoms with Gasteiger partial charge in [-0.05, 0) is 43.5 Å². The lowest BCUT2D eigenvalue weighted by Crippen LogP contribution is -2.45. The molecule has 1 fully saturated rings. The zero-order chi connectivity index (χ0) is 22.8. The maximum atomic E-state index is 13.2. The quantitative estimate of drug-likeness (QED) is 0.598. The summed E-state index contributed by atoms with van der Waals surface area (Å²) >= 11 is 0. The number of carbonyl (C=O) groups is 3. The highest BCUT2D eigenvalue weighted by molar-refractivity contribution is 5.99. The number of aryl methyl sites for hydroxylation is 2. The van der Waals surface area contributed by atoms with Gasteiger partial charge in [-0.2, -0.15) is 0 Å². The average Bonchev–Trinajstić information content (AvgIpc) is 2.75. The fourth-order valence-electron chi connectivity index (χ4n) is 3.92. The Morgan fingerprint density at radius 1 is 1.09 bits per heavy atom. The van der Waals surface area contributed by atoms with Gasteiger partial charge in [0.15, 0.2) is 0 Å². The van der Waals surface area contributed by atoms with E-state index in [2.05, 4.69) is 15.6 Å². The molecule has 2 N–H and O–H groups in total. The van der Waals surface area contributed by atoms with E-state index in [0.717, 1.165) is 16.7 Å². The van der Waals surface area contributed by atoms with E-state index < -0.39 is 11.9 Å². The molecule has 32 heavy (non-hydrogen) atoms. The van der Waals surface area contributed by atoms with Crippen molar-refractivity contribution in [2.45, 2.75) is 45.7 Å². The van der Waals surface area contributed by atoms with E-state index in [4.69, 9.17) is 0 Å². The van der Waals surface area contributed by atoms with Gasteiger partial charge in [-0.1, -0.05) is 35.9 Å². The molecule has 1 aliphatic rings. The first-order chi connectivity index (χ1) is 15.3. The van der Waals surface area contributed by atoms with Crippen LogP contribution in [0.2, 0.25) is 0 Å². The number of rotatable bonds is 5. The molecule has 0 spiro atoms. The number of aromatic nitrogens is 2. The lowest BCUT2D eigenvalue weighted by Gasteiger charge is -2.24. The van der Waals surface area contributed by atoms with Crippen molar-refractivity contribution >= 4 is 28.6 Å². The molecule has 4 rings (SSSR count). The predicted molar refractivity (Wildman–Crippen MR) is 119 cm³/mol. The molecule has 2 heterocycles. The van der Waals surface area contributed by atoms with Crippen molar-refractivity contribution in [2.24, 2.45) is 0 Å². The molecule has 0 unspecified atom stereocenters. The summed E-state index contributed by atoms with van der Waals surface area (Å²) in [7, 11) is 0. The fraction of sp³-hybridized carbons (Fsp3) is 0.292. The fourth-order valence-corrected chi connectivity index (χ4v) is 3.92. The molecule has 8 nitrogen and oxygen atoms in total. The second-order valence-corrected chi connectivity index (χ2v) is 8.09. The van der Waals surface area contributed by atoms with Gasteiger partial charge in [0.2, 0.25) is 17.7 Å². The highest BCUT2D eigenvalue weighted by atomic mass is 16.2. The summed E-state index contributed by atoms with van der Waals surface area (Å²) in [6.07, 6.45) is 0.706. The van der Waals surface area contributed by atoms with Crippen molar-refractivity contribution in [2.75, 3.05) is 0 Å². The lowest BCUT2D eigenvalue weighted by molar-refractivity contribution is -0.135. The average molecular weight is 432 g/mol. The van der Waals surface area contributed by atoms with Gasteiger partial charge in [0.05, 0.1) is 17.3 Å². The molecule has 164 valence electrons. The number of imide groups is 1. The maximum Gasteiger partial charge on any atom is 0.262 e. The van der Waals surface area contributed by atoms with E-state index >= 15 is 0 Å². The summed E-state index contributed by atoms with van der Waals surface area (Å²) in [5.41, 5.74) is 3.00. The van der Waals surface area contributed by atoms with Crippen LogP contribution in [0.4, 0.5) is 0 Å². The van der Waals surface area contributed by atoms with E-state index in [0.29, 0.717) is 16.7 Å². The number of nitrogens with one attached hydrogen (secondary N) is 2. The second kappa shape index (κ2) is 8.74. The molecule has 3 amide bonds. The van der Waals surface area contributed by atoms with Gasteiger partial charge < -0.3 is 5.32 Å². The molecule has 0 bridgehead atoms. The van der Waals surface area contributed by atoms with Crippen LogP contribution in [0.1, 0.15) is 41.4 Å². The Labute approximate surface area is 184 Å². The van der Waals surface area contributed by atoms with Gasteiger partial charge >= 0.3 is 0 Å². The van der Waals surface area contributed by atoms with E-state index in [9.17, 15) is 19.2 Å². The highest BCUT2D eigenvalue weighted by Crippen LogP contribution is 2.20. The summed E-state index contributed by atoms with van der Waals surface area (Å²) in [6, 6.07) is 12.3. The summed E-state index contributed by atoms with van der Waals surface area (Å²) in [6.45, 7) is 3.93. The molecule has 1 saturated heterocycles. The van der Waals surface area contributed by atoms with Gasteiger partial charge in [0, 0.05) is 13.0 Å². The minimum atomic E-state index is -0.769. The third-order valence-electron chi connectivity index (χ3n) is 5.64. The monoisotopic (exact) mass is 432 g/mol. The standard InChI is InChI=1S/C24H24N4O4/c1-14-3-5-16(6-4-14)12-22(30)25-13-17-7-8-19-18(11-17)24(32)28(15(2)26-19)20-9-10-21(29)27-23(20)31/h3-8,11,20H,9-10,12-13H2,1-2H3,(H,25,30)(H,27,29,31)/t20-/m1/s1. The van der Waals surface area contributed by atoms with Crippen LogP contribution < -0.4 is 16.2 Å². The van der Waals surface area contributed by atoms with Crippen molar-refractivity contribution in [3.05, 3.63) is 75.3 Å². The molecule has 1 aliphatic heterocycles. The Balaban J connectivity index is 1.54. The van der Waals surface area contributed by atoms with Crippen LogP contribution >= 0.6 is 0 Å². The number of hydrogen-bond donors (Lipinski definition) is 2. The Kier molecular flexibility index (Phi) is 5.85. The number of benzene rings is 2. The van der Waals surface area contributed by atoms with E-state index in [1.165, 1.54) is 4.57 Å². The summed E-state index contributed by atoms with van der Waals surface area (Å²) in [5, 5.41) is 5.53. The number of amides is 3. The zero-order valence-electron chi connectivity index (χ0n) is 18.0. The Morgan fingerprint density at radius 2 is 1.81 bits per heavy atom. The smallest absolute Gasteiger partial charge is 0.262 e. The van der Waals surface area contributed by atoms with E-state index in [1.807, 2.05) is 37.3 Å². The number of fused-ring (bicyclic) bond motifs is 1. The third-order valence-corrected chi connectivity index (χ3v) is 5.64. The van der Waals surface area contributed by atoms with Crippen LogP contribution in [-0.4, -0.2) is 27.3 Å². The van der Waals surface area contributed by atoms with Crippen molar-refractivity contribution in [3.63, 3.8) is 0 Å². The van der Waals surface area contributed by atoms with Crippen LogP contribution in [0.5, 0.6) is 0 Å². The first-order valence-corrected chi connectivity index (χ1v) is 10.5. The van der Waals surface area contributed by atoms with E-state index in [1.54, 1.807) is 19.1 Å². The van der Waals surface area contributed by atoms with Crippen molar-refractivity contribution in [1.29, 1.82) is 0 Å². The van der Waals surface area contributed by atoms with Crippen molar-refractivity contribution in [1.82, 2.24) is 20.2 Å². The molecule has 3 aromatic rings. The molecule has 8 heteroatoms. The molecular weight excluding hydrogens is 408 g/mol. The summed E-state index contributed by atoms with van der Waals surface area (Å²) in [5.74, 6) is -0.533. The molecular formula is C24H24N4O4. The second-order valence-electron chi connectivity index (χ2n) is 8.09. The highest BCUT2D eigenvalue weighted by Gasteiger charge is 2.30. The van der Waals surface area contributed by atoms with Gasteiger partial charge in [-0.15, -0.1) is 0 Å². The molecule has 0 radical (unpaired) electrons.